The largest absolute Gasteiger partial charge is 0.462 e. The molecule has 0 aromatic carbocycles. The van der Waals surface area contributed by atoms with Crippen LogP contribution in [0, 0.1) is 0 Å². The van der Waals surface area contributed by atoms with Crippen molar-refractivity contribution in [2.75, 3.05) is 6.61 Å². The van der Waals surface area contributed by atoms with Crippen LogP contribution in [0.15, 0.2) is 24.3 Å². The predicted octanol–water partition coefficient (Wildman–Crippen LogP) is 14.3. The van der Waals surface area contributed by atoms with Gasteiger partial charge < -0.3 is 20.3 Å². The molecule has 0 fully saturated rings. The van der Waals surface area contributed by atoms with Crippen LogP contribution in [0.1, 0.15) is 258 Å². The second kappa shape index (κ2) is 44.4. The van der Waals surface area contributed by atoms with E-state index in [9.17, 15) is 19.8 Å². The van der Waals surface area contributed by atoms with Crippen LogP contribution in [0.5, 0.6) is 0 Å². The van der Waals surface area contributed by atoms with E-state index in [1.54, 1.807) is 0 Å². The van der Waals surface area contributed by atoms with Gasteiger partial charge in [0.05, 0.1) is 25.2 Å². The Morgan fingerprint density at radius 1 is 0.518 bits per heavy atom. The summed E-state index contributed by atoms with van der Waals surface area (Å²) in [4.78, 5) is 26.0. The predicted molar refractivity (Wildman–Crippen MR) is 241 cm³/mol. The zero-order valence-electron chi connectivity index (χ0n) is 37.5. The van der Waals surface area contributed by atoms with E-state index >= 15 is 0 Å². The third kappa shape index (κ3) is 39.2. The minimum Gasteiger partial charge on any atom is -0.462 e. The number of aliphatic hydroxyl groups is 2. The summed E-state index contributed by atoms with van der Waals surface area (Å²) in [5, 5.41) is 23.7. The number of carbonyl (C=O) groups is 2. The van der Waals surface area contributed by atoms with Crippen molar-refractivity contribution < 1.29 is 24.5 Å². The fourth-order valence-corrected chi connectivity index (χ4v) is 7.54. The number of aliphatic hydroxyl groups excluding tert-OH is 2. The van der Waals surface area contributed by atoms with E-state index in [1.807, 2.05) is 0 Å². The molecule has 0 radical (unpaired) electrons. The second-order valence-corrected chi connectivity index (χ2v) is 16.9. The van der Waals surface area contributed by atoms with Crippen LogP contribution in [-0.2, 0) is 14.3 Å². The molecule has 0 aliphatic rings. The summed E-state index contributed by atoms with van der Waals surface area (Å²) in [7, 11) is 0. The summed E-state index contributed by atoms with van der Waals surface area (Å²) < 4.78 is 5.92. The minimum absolute atomic E-state index is 0.0777. The molecular weight excluding hydrogens is 695 g/mol. The van der Waals surface area contributed by atoms with E-state index in [0.717, 1.165) is 57.8 Å². The summed E-state index contributed by atoms with van der Waals surface area (Å²) in [6.45, 7) is 6.44. The van der Waals surface area contributed by atoms with E-state index in [-0.39, 0.29) is 24.9 Å². The molecule has 3 atom stereocenters. The quantitative estimate of drug-likeness (QED) is 0.0324. The monoisotopic (exact) mass is 790 g/mol. The zero-order valence-corrected chi connectivity index (χ0v) is 37.5. The maximum absolute atomic E-state index is 13.1. The van der Waals surface area contributed by atoms with Gasteiger partial charge in [0.1, 0.15) is 6.10 Å². The van der Waals surface area contributed by atoms with Gasteiger partial charge in [-0.2, -0.15) is 0 Å². The second-order valence-electron chi connectivity index (χ2n) is 16.9. The van der Waals surface area contributed by atoms with Crippen LogP contribution in [-0.4, -0.2) is 46.9 Å². The Hall–Kier alpha value is -1.66. The van der Waals surface area contributed by atoms with Gasteiger partial charge in [0.25, 0.3) is 0 Å². The number of hydrogen-bond donors (Lipinski definition) is 3. The van der Waals surface area contributed by atoms with Crippen LogP contribution >= 0.6 is 0 Å². The molecule has 3 unspecified atom stereocenters. The number of rotatable bonds is 44. The van der Waals surface area contributed by atoms with E-state index in [2.05, 4.69) is 50.4 Å². The molecule has 0 rings (SSSR count). The molecule has 330 valence electrons. The van der Waals surface area contributed by atoms with E-state index in [4.69, 9.17) is 4.74 Å². The van der Waals surface area contributed by atoms with Gasteiger partial charge in [-0.05, 0) is 51.4 Å². The highest BCUT2D eigenvalue weighted by atomic mass is 16.5. The number of amides is 1. The Labute approximate surface area is 348 Å². The molecule has 3 N–H and O–H groups in total. The lowest BCUT2D eigenvalue weighted by molar-refractivity contribution is -0.151. The van der Waals surface area contributed by atoms with Crippen LogP contribution in [0.2, 0.25) is 0 Å². The average Bonchev–Trinajstić information content (AvgIpc) is 3.19. The van der Waals surface area contributed by atoms with Crippen LogP contribution in [0.3, 0.4) is 0 Å². The molecule has 0 aliphatic heterocycles. The smallest absolute Gasteiger partial charge is 0.306 e. The lowest BCUT2D eigenvalue weighted by atomic mass is 10.0. The van der Waals surface area contributed by atoms with E-state index < -0.39 is 18.2 Å². The zero-order chi connectivity index (χ0) is 41.0. The number of hydrogen-bond acceptors (Lipinski definition) is 5. The van der Waals surface area contributed by atoms with Crippen molar-refractivity contribution in [2.45, 2.75) is 277 Å². The molecule has 0 heterocycles. The van der Waals surface area contributed by atoms with Crippen molar-refractivity contribution in [1.82, 2.24) is 5.32 Å². The molecule has 0 bridgehead atoms. The third-order valence-electron chi connectivity index (χ3n) is 11.3. The van der Waals surface area contributed by atoms with Crippen LogP contribution in [0.4, 0.5) is 0 Å². The van der Waals surface area contributed by atoms with Crippen LogP contribution in [0.25, 0.3) is 0 Å². The molecule has 0 aromatic rings. The average molecular weight is 790 g/mol. The molecule has 0 aromatic heterocycles. The van der Waals surface area contributed by atoms with E-state index in [0.29, 0.717) is 19.3 Å². The Bertz CT molecular complexity index is 889. The maximum atomic E-state index is 13.1. The highest BCUT2D eigenvalue weighted by molar-refractivity contribution is 5.77. The fraction of sp³-hybridized carbons (Fsp3) is 0.880. The molecule has 6 heteroatoms. The van der Waals surface area contributed by atoms with Crippen molar-refractivity contribution in [1.29, 1.82) is 0 Å². The molecule has 1 amide bonds. The van der Waals surface area contributed by atoms with Gasteiger partial charge in [-0.25, -0.2) is 0 Å². The van der Waals surface area contributed by atoms with Gasteiger partial charge in [-0.3, -0.25) is 9.59 Å². The summed E-state index contributed by atoms with van der Waals surface area (Å²) in [6.07, 6.45) is 49.4. The SMILES string of the molecule is CCCCC/C=C/C=C/CCCCCCCCC(=O)OC(CCCCCCCCCCCCCC)CC(=O)NC(CO)C(O)CCCCCCCCCCCC. The highest BCUT2D eigenvalue weighted by Crippen LogP contribution is 2.18. The van der Waals surface area contributed by atoms with Crippen molar-refractivity contribution in [3.8, 4) is 0 Å². The molecule has 0 aliphatic carbocycles. The number of esters is 1. The summed E-state index contributed by atoms with van der Waals surface area (Å²) in [6, 6.07) is -0.697. The first-order valence-corrected chi connectivity index (χ1v) is 24.6. The number of unbranched alkanes of at least 4 members (excludes halogenated alkanes) is 29. The van der Waals surface area contributed by atoms with Gasteiger partial charge in [-0.15, -0.1) is 0 Å². The molecule has 0 spiro atoms. The van der Waals surface area contributed by atoms with Gasteiger partial charge >= 0.3 is 5.97 Å². The van der Waals surface area contributed by atoms with Gasteiger partial charge in [0.15, 0.2) is 0 Å². The number of allylic oxidation sites excluding steroid dienone is 4. The molecule has 0 saturated heterocycles. The number of nitrogens with one attached hydrogen (secondary N) is 1. The van der Waals surface area contributed by atoms with Crippen molar-refractivity contribution in [3.63, 3.8) is 0 Å². The lowest BCUT2D eigenvalue weighted by Crippen LogP contribution is -2.46. The first kappa shape index (κ1) is 54.3. The van der Waals surface area contributed by atoms with Gasteiger partial charge in [0.2, 0.25) is 5.91 Å². The third-order valence-corrected chi connectivity index (χ3v) is 11.3. The molecule has 56 heavy (non-hydrogen) atoms. The lowest BCUT2D eigenvalue weighted by Gasteiger charge is -2.24. The topological polar surface area (TPSA) is 95.9 Å². The van der Waals surface area contributed by atoms with E-state index in [1.165, 1.54) is 154 Å². The molecule has 0 saturated carbocycles. The van der Waals surface area contributed by atoms with Gasteiger partial charge in [0, 0.05) is 6.42 Å². The summed E-state index contributed by atoms with van der Waals surface area (Å²) >= 11 is 0. The Morgan fingerprint density at radius 2 is 0.893 bits per heavy atom. The van der Waals surface area contributed by atoms with Gasteiger partial charge in [-0.1, -0.05) is 218 Å². The van der Waals surface area contributed by atoms with Crippen molar-refractivity contribution in [3.05, 3.63) is 24.3 Å². The highest BCUT2D eigenvalue weighted by Gasteiger charge is 2.24. The molecule has 6 nitrogen and oxygen atoms in total. The normalized spacial score (nSPS) is 13.4. The Morgan fingerprint density at radius 3 is 1.36 bits per heavy atom. The van der Waals surface area contributed by atoms with Crippen LogP contribution < -0.4 is 5.32 Å². The standard InChI is InChI=1S/C50H95NO5/c1-4-7-10-13-16-19-22-24-25-26-28-31-34-37-40-43-50(55)56-46(41-38-35-32-29-27-23-20-17-14-11-8-5-2)44-49(54)51-47(45-52)48(53)42-39-36-33-30-21-18-15-12-9-6-3/h16,19,22,24,46-48,52-53H,4-15,17-18,20-21,23,25-45H2,1-3H3,(H,51,54)/b19-16+,24-22+. The van der Waals surface area contributed by atoms with Crippen molar-refractivity contribution >= 4 is 11.9 Å². The fourth-order valence-electron chi connectivity index (χ4n) is 7.54. The first-order valence-electron chi connectivity index (χ1n) is 24.6. The minimum atomic E-state index is -0.783. The first-order chi connectivity index (χ1) is 27.5. The Balaban J connectivity index is 4.57. The Kier molecular flexibility index (Phi) is 43.1. The molecular formula is C50H95NO5. The van der Waals surface area contributed by atoms with Crippen molar-refractivity contribution in [2.24, 2.45) is 0 Å². The number of carbonyl (C=O) groups excluding carboxylic acids is 2. The maximum Gasteiger partial charge on any atom is 0.306 e. The number of ether oxygens (including phenoxy) is 1. The summed E-state index contributed by atoms with van der Waals surface area (Å²) in [5.41, 5.74) is 0. The summed E-state index contributed by atoms with van der Waals surface area (Å²) in [5.74, 6) is -0.477.